The summed E-state index contributed by atoms with van der Waals surface area (Å²) in [5, 5.41) is 3.39. The average molecular weight is 255 g/mol. The van der Waals surface area contributed by atoms with Crippen LogP contribution in [0.2, 0.25) is 5.02 Å². The standard InChI is InChI=1S/C13H19ClN2O/c1-4-11(8(2)3)16-13(17)9-6-5-7-10(14)12(9)15/h5-8,11H,4,15H2,1-3H3,(H,16,17). The molecule has 17 heavy (non-hydrogen) atoms. The first-order valence-corrected chi connectivity index (χ1v) is 6.20. The number of carbonyl (C=O) groups excluding carboxylic acids is 1. The Morgan fingerprint density at radius 1 is 1.47 bits per heavy atom. The second-order valence-electron chi connectivity index (χ2n) is 4.43. The van der Waals surface area contributed by atoms with Gasteiger partial charge in [-0.1, -0.05) is 38.4 Å². The molecule has 0 aliphatic heterocycles. The zero-order valence-corrected chi connectivity index (χ0v) is 11.2. The van der Waals surface area contributed by atoms with E-state index in [2.05, 4.69) is 19.2 Å². The number of hydrogen-bond acceptors (Lipinski definition) is 2. The Morgan fingerprint density at radius 2 is 2.12 bits per heavy atom. The van der Waals surface area contributed by atoms with Crippen molar-refractivity contribution in [3.8, 4) is 0 Å². The fraction of sp³-hybridized carbons (Fsp3) is 0.462. The van der Waals surface area contributed by atoms with Crippen molar-refractivity contribution in [2.75, 3.05) is 5.73 Å². The van der Waals surface area contributed by atoms with Gasteiger partial charge in [-0.15, -0.1) is 0 Å². The molecule has 0 spiro atoms. The number of carbonyl (C=O) groups is 1. The molecule has 0 saturated carbocycles. The van der Waals surface area contributed by atoms with E-state index < -0.39 is 0 Å². The summed E-state index contributed by atoms with van der Waals surface area (Å²) in [6.45, 7) is 6.21. The molecule has 0 radical (unpaired) electrons. The lowest BCUT2D eigenvalue weighted by Crippen LogP contribution is -2.38. The molecule has 0 heterocycles. The number of nitrogens with two attached hydrogens (primary N) is 1. The van der Waals surface area contributed by atoms with E-state index in [-0.39, 0.29) is 11.9 Å². The van der Waals surface area contributed by atoms with Crippen molar-refractivity contribution in [2.24, 2.45) is 5.92 Å². The van der Waals surface area contributed by atoms with Gasteiger partial charge >= 0.3 is 0 Å². The van der Waals surface area contributed by atoms with E-state index >= 15 is 0 Å². The van der Waals surface area contributed by atoms with Gasteiger partial charge in [-0.05, 0) is 24.5 Å². The second-order valence-corrected chi connectivity index (χ2v) is 4.84. The van der Waals surface area contributed by atoms with Crippen molar-refractivity contribution in [1.82, 2.24) is 5.32 Å². The second kappa shape index (κ2) is 5.92. The third kappa shape index (κ3) is 3.37. The molecule has 0 fully saturated rings. The Bertz CT molecular complexity index is 404. The summed E-state index contributed by atoms with van der Waals surface area (Å²) in [6, 6.07) is 5.24. The third-order valence-corrected chi connectivity index (χ3v) is 3.19. The number of hydrogen-bond donors (Lipinski definition) is 2. The van der Waals surface area contributed by atoms with Gasteiger partial charge in [-0.3, -0.25) is 4.79 Å². The highest BCUT2D eigenvalue weighted by Gasteiger charge is 2.17. The summed E-state index contributed by atoms with van der Waals surface area (Å²) < 4.78 is 0. The first-order valence-electron chi connectivity index (χ1n) is 5.82. The topological polar surface area (TPSA) is 55.1 Å². The van der Waals surface area contributed by atoms with Gasteiger partial charge in [0.15, 0.2) is 0 Å². The Morgan fingerprint density at radius 3 is 2.65 bits per heavy atom. The lowest BCUT2D eigenvalue weighted by atomic mass is 10.0. The highest BCUT2D eigenvalue weighted by molar-refractivity contribution is 6.33. The van der Waals surface area contributed by atoms with Gasteiger partial charge in [0.2, 0.25) is 0 Å². The maximum absolute atomic E-state index is 12.0. The van der Waals surface area contributed by atoms with E-state index in [0.29, 0.717) is 22.2 Å². The van der Waals surface area contributed by atoms with E-state index in [1.54, 1.807) is 18.2 Å². The number of anilines is 1. The van der Waals surface area contributed by atoms with Gasteiger partial charge in [-0.2, -0.15) is 0 Å². The van der Waals surface area contributed by atoms with E-state index in [4.69, 9.17) is 17.3 Å². The van der Waals surface area contributed by atoms with Crippen LogP contribution < -0.4 is 11.1 Å². The lowest BCUT2D eigenvalue weighted by molar-refractivity contribution is 0.0925. The smallest absolute Gasteiger partial charge is 0.253 e. The number of nitrogens with one attached hydrogen (secondary N) is 1. The van der Waals surface area contributed by atoms with Crippen LogP contribution in [0.25, 0.3) is 0 Å². The van der Waals surface area contributed by atoms with Crippen LogP contribution in [0.15, 0.2) is 18.2 Å². The quantitative estimate of drug-likeness (QED) is 0.812. The highest BCUT2D eigenvalue weighted by Crippen LogP contribution is 2.22. The first kappa shape index (κ1) is 13.8. The Kier molecular flexibility index (Phi) is 4.82. The van der Waals surface area contributed by atoms with Crippen LogP contribution >= 0.6 is 11.6 Å². The monoisotopic (exact) mass is 254 g/mol. The van der Waals surface area contributed by atoms with Crippen molar-refractivity contribution in [3.05, 3.63) is 28.8 Å². The van der Waals surface area contributed by atoms with Gasteiger partial charge in [0.25, 0.3) is 5.91 Å². The fourth-order valence-electron chi connectivity index (χ4n) is 1.72. The molecule has 1 amide bonds. The van der Waals surface area contributed by atoms with Gasteiger partial charge < -0.3 is 11.1 Å². The van der Waals surface area contributed by atoms with E-state index in [9.17, 15) is 4.79 Å². The van der Waals surface area contributed by atoms with Crippen LogP contribution in [0.1, 0.15) is 37.6 Å². The first-order chi connectivity index (χ1) is 7.97. The number of benzene rings is 1. The van der Waals surface area contributed by atoms with Crippen molar-refractivity contribution in [1.29, 1.82) is 0 Å². The van der Waals surface area contributed by atoms with E-state index in [1.807, 2.05) is 6.92 Å². The molecule has 4 heteroatoms. The summed E-state index contributed by atoms with van der Waals surface area (Å²) in [7, 11) is 0. The molecule has 0 aromatic heterocycles. The van der Waals surface area contributed by atoms with E-state index in [0.717, 1.165) is 6.42 Å². The predicted molar refractivity (Wildman–Crippen MR) is 72.2 cm³/mol. The summed E-state index contributed by atoms with van der Waals surface area (Å²) in [5.41, 5.74) is 6.56. The van der Waals surface area contributed by atoms with Crippen LogP contribution in [-0.4, -0.2) is 11.9 Å². The summed E-state index contributed by atoms with van der Waals surface area (Å²) in [5.74, 6) is 0.231. The normalized spacial score (nSPS) is 12.5. The average Bonchev–Trinajstić information content (AvgIpc) is 2.28. The van der Waals surface area contributed by atoms with Gasteiger partial charge in [-0.25, -0.2) is 0 Å². The fourth-order valence-corrected chi connectivity index (χ4v) is 1.90. The Hall–Kier alpha value is -1.22. The molecule has 0 aliphatic carbocycles. The molecule has 1 atom stereocenters. The van der Waals surface area contributed by atoms with Crippen LogP contribution in [0.5, 0.6) is 0 Å². The molecule has 3 nitrogen and oxygen atoms in total. The SMILES string of the molecule is CCC(NC(=O)c1cccc(Cl)c1N)C(C)C. The number of nitrogen functional groups attached to an aromatic ring is 1. The molecule has 94 valence electrons. The molecule has 3 N–H and O–H groups in total. The summed E-state index contributed by atoms with van der Waals surface area (Å²) in [4.78, 5) is 12.0. The maximum atomic E-state index is 12.0. The molecule has 1 aromatic carbocycles. The molecular formula is C13H19ClN2O. The Balaban J connectivity index is 2.86. The lowest BCUT2D eigenvalue weighted by Gasteiger charge is -2.21. The van der Waals surface area contributed by atoms with Gasteiger partial charge in [0.05, 0.1) is 16.3 Å². The maximum Gasteiger partial charge on any atom is 0.253 e. The highest BCUT2D eigenvalue weighted by atomic mass is 35.5. The van der Waals surface area contributed by atoms with Crippen molar-refractivity contribution < 1.29 is 4.79 Å². The minimum absolute atomic E-state index is 0.154. The zero-order chi connectivity index (χ0) is 13.0. The van der Waals surface area contributed by atoms with Crippen LogP contribution in [-0.2, 0) is 0 Å². The number of amides is 1. The molecule has 1 rings (SSSR count). The molecular weight excluding hydrogens is 236 g/mol. The predicted octanol–water partition coefficient (Wildman–Crippen LogP) is 3.09. The number of halogens is 1. The number of rotatable bonds is 4. The molecule has 0 bridgehead atoms. The van der Waals surface area contributed by atoms with Gasteiger partial charge in [0.1, 0.15) is 0 Å². The summed E-state index contributed by atoms with van der Waals surface area (Å²) >= 11 is 5.89. The van der Waals surface area contributed by atoms with Crippen LogP contribution in [0, 0.1) is 5.92 Å². The van der Waals surface area contributed by atoms with E-state index in [1.165, 1.54) is 0 Å². The van der Waals surface area contributed by atoms with Crippen LogP contribution in [0.4, 0.5) is 5.69 Å². The van der Waals surface area contributed by atoms with Crippen molar-refractivity contribution in [3.63, 3.8) is 0 Å². The number of para-hydroxylation sites is 1. The molecule has 1 unspecified atom stereocenters. The summed E-state index contributed by atoms with van der Waals surface area (Å²) in [6.07, 6.45) is 0.893. The minimum Gasteiger partial charge on any atom is -0.397 e. The van der Waals surface area contributed by atoms with Gasteiger partial charge in [0, 0.05) is 6.04 Å². The Labute approximate surface area is 107 Å². The largest absolute Gasteiger partial charge is 0.397 e. The van der Waals surface area contributed by atoms with Crippen molar-refractivity contribution in [2.45, 2.75) is 33.2 Å². The molecule has 0 aliphatic rings. The minimum atomic E-state index is -0.162. The van der Waals surface area contributed by atoms with Crippen LogP contribution in [0.3, 0.4) is 0 Å². The third-order valence-electron chi connectivity index (χ3n) is 2.86. The zero-order valence-electron chi connectivity index (χ0n) is 10.5. The molecule has 0 saturated heterocycles. The molecule has 1 aromatic rings. The van der Waals surface area contributed by atoms with Crippen molar-refractivity contribution >= 4 is 23.2 Å².